The fraction of sp³-hybridized carbons (Fsp3) is 0.522. The second-order valence-electron chi connectivity index (χ2n) is 10.5. The number of aliphatic hydroxyl groups is 2. The molecule has 39 heavy (non-hydrogen) atoms. The van der Waals surface area contributed by atoms with E-state index in [1.807, 2.05) is 0 Å². The average molecular weight is 581 g/mol. The summed E-state index contributed by atoms with van der Waals surface area (Å²) >= 11 is 0. The van der Waals surface area contributed by atoms with Gasteiger partial charge in [-0.3, -0.25) is 13.7 Å². The molecular weight excluding hydrogens is 552 g/mol. The number of benzene rings is 1. The van der Waals surface area contributed by atoms with E-state index in [0.717, 1.165) is 25.9 Å². The summed E-state index contributed by atoms with van der Waals surface area (Å²) in [7, 11) is -9.48. The van der Waals surface area contributed by atoms with Gasteiger partial charge in [0, 0.05) is 18.5 Å². The molecular formula is C23H29N5O9P2. The smallest absolute Gasteiger partial charge is 0.340 e. The lowest BCUT2D eigenvalue weighted by Crippen LogP contribution is -2.58. The molecule has 1 aromatic carbocycles. The zero-order valence-electron chi connectivity index (χ0n) is 20.9. The Morgan fingerprint density at radius 2 is 1.87 bits per heavy atom. The maximum atomic E-state index is 12.0. The van der Waals surface area contributed by atoms with E-state index in [0.29, 0.717) is 22.8 Å². The molecule has 2 aliphatic heterocycles. The van der Waals surface area contributed by atoms with E-state index in [9.17, 15) is 24.2 Å². The number of hydrogen-bond acceptors (Lipinski definition) is 10. The molecule has 14 nitrogen and oxygen atoms in total. The molecule has 0 radical (unpaired) electrons. The molecule has 16 heteroatoms. The van der Waals surface area contributed by atoms with Crippen molar-refractivity contribution in [1.82, 2.24) is 19.5 Å². The molecule has 5 N–H and O–H groups in total. The Balaban J connectivity index is 1.22. The number of aliphatic hydroxyl groups excluding tert-OH is 2. The number of imidazole rings is 1. The first-order chi connectivity index (χ1) is 18.4. The van der Waals surface area contributed by atoms with E-state index in [1.54, 1.807) is 6.92 Å². The van der Waals surface area contributed by atoms with Crippen LogP contribution in [0.15, 0.2) is 30.6 Å². The highest BCUT2D eigenvalue weighted by molar-refractivity contribution is 7.70. The van der Waals surface area contributed by atoms with E-state index in [2.05, 4.69) is 44.1 Å². The van der Waals surface area contributed by atoms with E-state index < -0.39 is 52.2 Å². The van der Waals surface area contributed by atoms with Gasteiger partial charge in [0.2, 0.25) is 0 Å². The van der Waals surface area contributed by atoms with Gasteiger partial charge in [0.15, 0.2) is 29.1 Å². The van der Waals surface area contributed by atoms with Gasteiger partial charge in [-0.15, -0.1) is 0 Å². The lowest BCUT2D eigenvalue weighted by Gasteiger charge is -2.49. The average Bonchev–Trinajstić information content (AvgIpc) is 3.50. The third-order valence-corrected chi connectivity index (χ3v) is 11.1. The molecule has 3 aromatic rings. The predicted octanol–water partition coefficient (Wildman–Crippen LogP) is 0.795. The summed E-state index contributed by atoms with van der Waals surface area (Å²) in [6.45, 7) is 2.65. The van der Waals surface area contributed by atoms with Crippen molar-refractivity contribution in [2.75, 3.05) is 30.5 Å². The summed E-state index contributed by atoms with van der Waals surface area (Å²) in [6.07, 6.45) is -1.82. The van der Waals surface area contributed by atoms with Crippen LogP contribution >= 0.6 is 15.2 Å². The van der Waals surface area contributed by atoms with Gasteiger partial charge >= 0.3 is 15.2 Å². The van der Waals surface area contributed by atoms with Crippen molar-refractivity contribution in [3.8, 4) is 0 Å². The van der Waals surface area contributed by atoms with Crippen LogP contribution in [0.5, 0.6) is 0 Å². The molecule has 2 aromatic heterocycles. The number of rotatable bonds is 7. The molecule has 210 valence electrons. The second kappa shape index (κ2) is 9.41. The molecule has 5 atom stereocenters. The minimum Gasteiger partial charge on any atom is -0.387 e. The van der Waals surface area contributed by atoms with Crippen LogP contribution in [0.4, 0.5) is 5.82 Å². The summed E-state index contributed by atoms with van der Waals surface area (Å²) < 4.78 is 35.1. The topological polar surface area (TPSA) is 201 Å². The first-order valence-corrected chi connectivity index (χ1v) is 16.0. The quantitative estimate of drug-likeness (QED) is 0.246. The van der Waals surface area contributed by atoms with Crippen LogP contribution in [0, 0.1) is 6.92 Å². The number of aromatic nitrogens is 4. The van der Waals surface area contributed by atoms with E-state index in [-0.39, 0.29) is 5.41 Å². The van der Waals surface area contributed by atoms with Gasteiger partial charge in [-0.05, 0) is 30.9 Å². The van der Waals surface area contributed by atoms with Crippen molar-refractivity contribution in [2.24, 2.45) is 0 Å². The zero-order valence-corrected chi connectivity index (χ0v) is 22.7. The monoisotopic (exact) mass is 581 g/mol. The molecule has 6 rings (SSSR count). The highest BCUT2D eigenvalue weighted by Gasteiger charge is 2.50. The lowest BCUT2D eigenvalue weighted by molar-refractivity contribution is -0.0483. The molecule has 1 aliphatic carbocycles. The van der Waals surface area contributed by atoms with E-state index >= 15 is 0 Å². The molecule has 3 aliphatic rings. The third kappa shape index (κ3) is 4.84. The Kier molecular flexibility index (Phi) is 6.50. The van der Waals surface area contributed by atoms with Crippen LogP contribution < -0.4 is 4.90 Å². The van der Waals surface area contributed by atoms with Crippen LogP contribution in [0.1, 0.15) is 29.6 Å². The van der Waals surface area contributed by atoms with Gasteiger partial charge in [-0.25, -0.2) is 15.0 Å². The number of ether oxygens (including phenoxy) is 1. The molecule has 4 heterocycles. The second-order valence-corrected chi connectivity index (χ2v) is 14.5. The summed E-state index contributed by atoms with van der Waals surface area (Å²) in [5.74, 6) is -0.222. The van der Waals surface area contributed by atoms with E-state index in [1.165, 1.54) is 22.0 Å². The third-order valence-electron chi connectivity index (χ3n) is 7.68. The predicted molar refractivity (Wildman–Crippen MR) is 137 cm³/mol. The highest BCUT2D eigenvalue weighted by atomic mass is 31.2. The SMILES string of the molecule is Cc1nc(N2CC3(CCc4ccccc43)C2)c2ncn([C@@H]3O[C@H](COP(=O)(O)CP(=O)(O)O)[C@H](O)C3O)c2n1. The highest BCUT2D eigenvalue weighted by Crippen LogP contribution is 2.55. The first-order valence-electron chi connectivity index (χ1n) is 12.4. The molecule has 0 saturated carbocycles. The van der Waals surface area contributed by atoms with Crippen molar-refractivity contribution in [1.29, 1.82) is 0 Å². The van der Waals surface area contributed by atoms with Crippen molar-refractivity contribution >= 4 is 32.2 Å². The van der Waals surface area contributed by atoms with Crippen molar-refractivity contribution in [3.63, 3.8) is 0 Å². The number of hydrogen-bond donors (Lipinski definition) is 5. The molecule has 2 fully saturated rings. The minimum atomic E-state index is -4.82. The number of aryl methyl sites for hydroxylation is 2. The number of nitrogens with zero attached hydrogens (tertiary/aromatic N) is 5. The Morgan fingerprint density at radius 1 is 1.13 bits per heavy atom. The Morgan fingerprint density at radius 3 is 2.62 bits per heavy atom. The minimum absolute atomic E-state index is 0.0817. The van der Waals surface area contributed by atoms with Gasteiger partial charge in [0.1, 0.15) is 24.1 Å². The van der Waals surface area contributed by atoms with E-state index in [4.69, 9.17) is 19.0 Å². The van der Waals surface area contributed by atoms with Crippen LogP contribution in [0.25, 0.3) is 11.2 Å². The molecule has 1 spiro atoms. The van der Waals surface area contributed by atoms with Gasteiger partial charge in [-0.1, -0.05) is 24.3 Å². The van der Waals surface area contributed by atoms with Crippen LogP contribution in [0.2, 0.25) is 0 Å². The Labute approximate surface area is 222 Å². The maximum absolute atomic E-state index is 12.0. The largest absolute Gasteiger partial charge is 0.387 e. The summed E-state index contributed by atoms with van der Waals surface area (Å²) in [5.41, 5.74) is 3.74. The summed E-state index contributed by atoms with van der Waals surface area (Å²) in [6, 6.07) is 8.51. The van der Waals surface area contributed by atoms with Crippen molar-refractivity contribution < 1.29 is 43.3 Å². The summed E-state index contributed by atoms with van der Waals surface area (Å²) in [4.78, 5) is 43.5. The van der Waals surface area contributed by atoms with Crippen LogP contribution in [-0.4, -0.2) is 88.3 Å². The fourth-order valence-corrected chi connectivity index (χ4v) is 8.47. The van der Waals surface area contributed by atoms with Crippen molar-refractivity contribution in [2.45, 2.75) is 49.7 Å². The normalized spacial score (nSPS) is 27.6. The first kappa shape index (κ1) is 26.9. The van der Waals surface area contributed by atoms with Gasteiger partial charge in [0.05, 0.1) is 12.9 Å². The number of anilines is 1. The molecule has 2 unspecified atom stereocenters. The fourth-order valence-electron chi connectivity index (χ4n) is 5.90. The molecule has 2 saturated heterocycles. The Hall–Kier alpha value is -2.25. The van der Waals surface area contributed by atoms with Crippen molar-refractivity contribution in [3.05, 3.63) is 47.5 Å². The standard InChI is InChI=1S/C23H29N5O9P2/c1-13-25-20(27-9-23(10-27)7-6-14-4-2-3-5-15(14)23)17-21(26-13)28(11-24-17)22-19(30)18(29)16(37-22)8-36-39(34,35)12-38(31,32)33/h2-5,11,16,18-19,22,29-30H,6-10,12H2,1H3,(H,34,35)(H2,31,32,33)/t16-,18+,19?,22-/m1/s1. The molecule has 0 amide bonds. The molecule has 0 bridgehead atoms. The zero-order chi connectivity index (χ0) is 27.7. The van der Waals surface area contributed by atoms with Crippen LogP contribution in [0.3, 0.4) is 0 Å². The summed E-state index contributed by atoms with van der Waals surface area (Å²) in [5, 5.41) is 21.2. The lowest BCUT2D eigenvalue weighted by atomic mass is 9.75. The maximum Gasteiger partial charge on any atom is 0.340 e. The van der Waals surface area contributed by atoms with Gasteiger partial charge < -0.3 is 39.1 Å². The van der Waals surface area contributed by atoms with Gasteiger partial charge in [-0.2, -0.15) is 0 Å². The Bertz CT molecular complexity index is 1520. The van der Waals surface area contributed by atoms with Gasteiger partial charge in [0.25, 0.3) is 0 Å². The van der Waals surface area contributed by atoms with Crippen LogP contribution in [-0.2, 0) is 30.2 Å². The number of fused-ring (bicyclic) bond motifs is 3.